The molecule has 6 heteroatoms. The molecule has 0 unspecified atom stereocenters. The van der Waals surface area contributed by atoms with Gasteiger partial charge in [0.05, 0.1) is 11.9 Å². The highest BCUT2D eigenvalue weighted by Crippen LogP contribution is 2.50. The van der Waals surface area contributed by atoms with Crippen molar-refractivity contribution in [2.75, 3.05) is 9.80 Å². The molecule has 188 valence electrons. The van der Waals surface area contributed by atoms with Crippen molar-refractivity contribution in [2.45, 2.75) is 0 Å². The van der Waals surface area contributed by atoms with E-state index in [1.165, 1.54) is 0 Å². The lowest BCUT2D eigenvalue weighted by Crippen LogP contribution is -2.17. The molecule has 0 saturated heterocycles. The molecule has 5 aromatic carbocycles. The highest BCUT2D eigenvalue weighted by Gasteiger charge is 2.26. The fourth-order valence-corrected chi connectivity index (χ4v) is 4.54. The molecule has 0 saturated carbocycles. The van der Waals surface area contributed by atoms with Gasteiger partial charge in [-0.25, -0.2) is 0 Å². The molecule has 39 heavy (non-hydrogen) atoms. The third-order valence-electron chi connectivity index (χ3n) is 6.19. The van der Waals surface area contributed by atoms with Crippen LogP contribution in [0.4, 0.5) is 34.1 Å². The first kappa shape index (κ1) is 23.9. The lowest BCUT2D eigenvalue weighted by molar-refractivity contribution is 0.451. The number of rotatable bonds is 8. The summed E-state index contributed by atoms with van der Waals surface area (Å²) in [6.07, 6.45) is 1.57. The third-order valence-corrected chi connectivity index (χ3v) is 6.19. The van der Waals surface area contributed by atoms with Crippen LogP contribution in [0.5, 0.6) is 11.6 Å². The highest BCUT2D eigenvalue weighted by atomic mass is 16.5. The number of ether oxygens (including phenoxy) is 1. The Labute approximate surface area is 227 Å². The fraction of sp³-hybridized carbons (Fsp3) is 0. The summed E-state index contributed by atoms with van der Waals surface area (Å²) in [4.78, 5) is 4.44. The van der Waals surface area contributed by atoms with Crippen molar-refractivity contribution in [3.63, 3.8) is 0 Å². The van der Waals surface area contributed by atoms with E-state index in [4.69, 9.17) is 4.74 Å². The Morgan fingerprint density at radius 1 is 0.462 bits per heavy atom. The molecule has 0 N–H and O–H groups in total. The van der Waals surface area contributed by atoms with Gasteiger partial charge in [-0.15, -0.1) is 5.10 Å². The first-order chi connectivity index (χ1) is 19.4. The van der Waals surface area contributed by atoms with E-state index in [0.717, 1.165) is 34.1 Å². The van der Waals surface area contributed by atoms with Crippen molar-refractivity contribution in [3.05, 3.63) is 152 Å². The molecule has 0 fully saturated rings. The molecule has 1 heterocycles. The molecule has 0 aliphatic heterocycles. The molecule has 0 amide bonds. The van der Waals surface area contributed by atoms with Gasteiger partial charge in [-0.1, -0.05) is 84.0 Å². The second-order valence-corrected chi connectivity index (χ2v) is 8.70. The summed E-state index contributed by atoms with van der Waals surface area (Å²) in [7, 11) is 0. The number of aromatic nitrogens is 3. The summed E-state index contributed by atoms with van der Waals surface area (Å²) in [5.74, 6) is 0.980. The largest absolute Gasteiger partial charge is 0.435 e. The average Bonchev–Trinajstić information content (AvgIpc) is 3.01. The van der Waals surface area contributed by atoms with E-state index in [0.29, 0.717) is 11.6 Å². The van der Waals surface area contributed by atoms with E-state index < -0.39 is 0 Å². The number of hydrogen-bond donors (Lipinski definition) is 0. The van der Waals surface area contributed by atoms with Gasteiger partial charge in [0.2, 0.25) is 5.88 Å². The number of anilines is 6. The predicted molar refractivity (Wildman–Crippen MR) is 156 cm³/mol. The van der Waals surface area contributed by atoms with Crippen molar-refractivity contribution in [3.8, 4) is 11.6 Å². The molecular formula is C33H25N5O. The van der Waals surface area contributed by atoms with Crippen molar-refractivity contribution < 1.29 is 4.74 Å². The van der Waals surface area contributed by atoms with Gasteiger partial charge in [0.1, 0.15) is 5.69 Å². The summed E-state index contributed by atoms with van der Waals surface area (Å²) in [6.45, 7) is 0. The molecule has 0 atom stereocenters. The molecule has 1 aromatic heterocycles. The molecular weight excluding hydrogens is 482 g/mol. The zero-order valence-electron chi connectivity index (χ0n) is 21.1. The van der Waals surface area contributed by atoms with Crippen LogP contribution in [0.2, 0.25) is 0 Å². The molecule has 0 aliphatic carbocycles. The first-order valence-corrected chi connectivity index (χ1v) is 12.6. The molecule has 6 nitrogen and oxygen atoms in total. The van der Waals surface area contributed by atoms with Gasteiger partial charge < -0.3 is 14.5 Å². The Hall–Kier alpha value is -5.49. The summed E-state index contributed by atoms with van der Waals surface area (Å²) >= 11 is 0. The van der Waals surface area contributed by atoms with Gasteiger partial charge in [-0.2, -0.15) is 0 Å². The normalized spacial score (nSPS) is 10.6. The van der Waals surface area contributed by atoms with Crippen molar-refractivity contribution >= 4 is 34.1 Å². The van der Waals surface area contributed by atoms with Gasteiger partial charge >= 0.3 is 0 Å². The van der Waals surface area contributed by atoms with Crippen molar-refractivity contribution in [2.24, 2.45) is 0 Å². The number of para-hydroxylation sites is 5. The van der Waals surface area contributed by atoms with Crippen LogP contribution in [-0.4, -0.2) is 15.4 Å². The van der Waals surface area contributed by atoms with E-state index in [9.17, 15) is 0 Å². The minimum absolute atomic E-state index is 0.357. The maximum Gasteiger partial charge on any atom is 0.242 e. The summed E-state index contributed by atoms with van der Waals surface area (Å²) in [6, 6.07) is 49.0. The van der Waals surface area contributed by atoms with Crippen LogP contribution in [0.15, 0.2) is 152 Å². The van der Waals surface area contributed by atoms with Crippen LogP contribution >= 0.6 is 0 Å². The highest BCUT2D eigenvalue weighted by molar-refractivity contribution is 5.94. The third kappa shape index (κ3) is 5.17. The van der Waals surface area contributed by atoms with Crippen LogP contribution in [0.25, 0.3) is 0 Å². The van der Waals surface area contributed by atoms with Crippen LogP contribution in [0.3, 0.4) is 0 Å². The number of hydrogen-bond acceptors (Lipinski definition) is 6. The zero-order valence-corrected chi connectivity index (χ0v) is 21.1. The van der Waals surface area contributed by atoms with Crippen molar-refractivity contribution in [1.82, 2.24) is 15.4 Å². The zero-order chi connectivity index (χ0) is 26.3. The smallest absolute Gasteiger partial charge is 0.242 e. The minimum atomic E-state index is 0.357. The second-order valence-electron chi connectivity index (χ2n) is 8.70. The van der Waals surface area contributed by atoms with E-state index in [2.05, 4.69) is 79.8 Å². The quantitative estimate of drug-likeness (QED) is 0.206. The van der Waals surface area contributed by atoms with Gasteiger partial charge in [0, 0.05) is 28.8 Å². The van der Waals surface area contributed by atoms with Crippen LogP contribution < -0.4 is 14.5 Å². The SMILES string of the molecule is c1ccc(N(c2ccccc2)c2cccc(Oc3ccnnn3)c2N(c2ccccc2)c2ccccc2)cc1. The lowest BCUT2D eigenvalue weighted by Gasteiger charge is -2.34. The van der Waals surface area contributed by atoms with Crippen LogP contribution in [-0.2, 0) is 0 Å². The molecule has 6 aromatic rings. The topological polar surface area (TPSA) is 54.4 Å². The van der Waals surface area contributed by atoms with Gasteiger partial charge in [-0.05, 0) is 65.9 Å². The maximum absolute atomic E-state index is 6.41. The summed E-state index contributed by atoms with van der Waals surface area (Å²) in [5, 5.41) is 11.7. The van der Waals surface area contributed by atoms with Crippen molar-refractivity contribution in [1.29, 1.82) is 0 Å². The number of benzene rings is 5. The molecule has 0 spiro atoms. The van der Waals surface area contributed by atoms with Crippen LogP contribution in [0, 0.1) is 0 Å². The van der Waals surface area contributed by atoms with E-state index in [1.807, 2.05) is 84.9 Å². The molecule has 0 aliphatic rings. The second kappa shape index (κ2) is 11.3. The molecule has 6 rings (SSSR count). The average molecular weight is 508 g/mol. The Bertz CT molecular complexity index is 1540. The van der Waals surface area contributed by atoms with E-state index in [-0.39, 0.29) is 0 Å². The monoisotopic (exact) mass is 507 g/mol. The van der Waals surface area contributed by atoms with Gasteiger partial charge in [0.25, 0.3) is 0 Å². The van der Waals surface area contributed by atoms with Crippen LogP contribution in [0.1, 0.15) is 0 Å². The lowest BCUT2D eigenvalue weighted by atomic mass is 10.1. The van der Waals surface area contributed by atoms with E-state index in [1.54, 1.807) is 12.3 Å². The molecule has 0 radical (unpaired) electrons. The molecule has 0 bridgehead atoms. The maximum atomic E-state index is 6.41. The van der Waals surface area contributed by atoms with E-state index >= 15 is 0 Å². The van der Waals surface area contributed by atoms with Gasteiger partial charge in [-0.3, -0.25) is 0 Å². The Morgan fingerprint density at radius 3 is 1.41 bits per heavy atom. The standard InChI is InChI=1S/C33H25N5O/c1-5-14-26(15-6-1)37(27-16-7-2-8-17-27)30-22-13-23-31(39-32-24-25-34-36-35-32)33(30)38(28-18-9-3-10-19-28)29-20-11-4-12-21-29/h1-25H. The fourth-order valence-electron chi connectivity index (χ4n) is 4.54. The predicted octanol–water partition coefficient (Wildman–Crippen LogP) is 8.60. The number of nitrogens with zero attached hydrogens (tertiary/aromatic N) is 5. The Kier molecular flexibility index (Phi) is 6.90. The van der Waals surface area contributed by atoms with Gasteiger partial charge in [0.15, 0.2) is 5.75 Å². The Morgan fingerprint density at radius 2 is 0.949 bits per heavy atom. The Balaban J connectivity index is 1.65. The summed E-state index contributed by atoms with van der Waals surface area (Å²) < 4.78 is 6.41. The minimum Gasteiger partial charge on any atom is -0.435 e. The first-order valence-electron chi connectivity index (χ1n) is 12.6. The summed E-state index contributed by atoms with van der Waals surface area (Å²) in [5.41, 5.74) is 5.80.